The average molecular weight is 251 g/mol. The third-order valence-corrected chi connectivity index (χ3v) is 2.70. The lowest BCUT2D eigenvalue weighted by molar-refractivity contribution is -0.133. The van der Waals surface area contributed by atoms with Crippen molar-refractivity contribution in [3.63, 3.8) is 0 Å². The first-order valence-electron chi connectivity index (χ1n) is 5.29. The summed E-state index contributed by atoms with van der Waals surface area (Å²) in [7, 11) is 1.47. The van der Waals surface area contributed by atoms with Crippen LogP contribution in [0.25, 0.3) is 0 Å². The first-order chi connectivity index (χ1) is 8.34. The summed E-state index contributed by atoms with van der Waals surface area (Å²) in [6, 6.07) is 5.54. The third kappa shape index (κ3) is 2.94. The quantitative estimate of drug-likeness (QED) is 0.838. The van der Waals surface area contributed by atoms with Crippen molar-refractivity contribution in [3.05, 3.63) is 41.2 Å². The van der Waals surface area contributed by atoms with Crippen molar-refractivity contribution in [2.45, 2.75) is 13.8 Å². The Morgan fingerprint density at radius 1 is 1.22 bits per heavy atom. The van der Waals surface area contributed by atoms with Crippen LogP contribution in [0.15, 0.2) is 35.4 Å². The molecule has 0 aromatic heterocycles. The van der Waals surface area contributed by atoms with E-state index in [4.69, 9.17) is 5.11 Å². The number of carbonyl (C=O) groups excluding carboxylic acids is 1. The lowest BCUT2D eigenvalue weighted by Crippen LogP contribution is -2.28. The Kier molecular flexibility index (Phi) is 4.20. The maximum absolute atomic E-state index is 13.0. The zero-order chi connectivity index (χ0) is 13.9. The Labute approximate surface area is 104 Å². The van der Waals surface area contributed by atoms with Gasteiger partial charge in [0.1, 0.15) is 5.82 Å². The van der Waals surface area contributed by atoms with E-state index in [9.17, 15) is 14.0 Å². The van der Waals surface area contributed by atoms with Crippen LogP contribution >= 0.6 is 0 Å². The number of hydrogen-bond donors (Lipinski definition) is 1. The van der Waals surface area contributed by atoms with E-state index in [1.165, 1.54) is 44.0 Å². The van der Waals surface area contributed by atoms with E-state index in [1.807, 2.05) is 0 Å². The van der Waals surface area contributed by atoms with Gasteiger partial charge in [0.25, 0.3) is 5.91 Å². The first kappa shape index (κ1) is 13.9. The number of likely N-dealkylation sites (N-methyl/N-ethyl adjacent to an activating group) is 1. The Balaban J connectivity index is 3.05. The van der Waals surface area contributed by atoms with Gasteiger partial charge in [-0.2, -0.15) is 0 Å². The molecule has 1 N–H and O–H groups in total. The minimum Gasteiger partial charge on any atom is -0.478 e. The molecule has 0 aliphatic heterocycles. The molecule has 0 saturated heterocycles. The third-order valence-electron chi connectivity index (χ3n) is 2.70. The number of nitrogens with zero attached hydrogens (tertiary/aromatic N) is 1. The molecule has 1 amide bonds. The van der Waals surface area contributed by atoms with Gasteiger partial charge in [0.05, 0.1) is 0 Å². The Bertz CT molecular complexity index is 523. The van der Waals surface area contributed by atoms with Crippen molar-refractivity contribution >= 4 is 17.6 Å². The molecule has 0 heterocycles. The molecule has 0 radical (unpaired) electrons. The van der Waals surface area contributed by atoms with E-state index in [1.54, 1.807) is 6.07 Å². The fourth-order valence-corrected chi connectivity index (χ4v) is 1.37. The Morgan fingerprint density at radius 2 is 1.83 bits per heavy atom. The summed E-state index contributed by atoms with van der Waals surface area (Å²) < 4.78 is 13.0. The van der Waals surface area contributed by atoms with Crippen LogP contribution in [0.1, 0.15) is 13.8 Å². The van der Waals surface area contributed by atoms with Gasteiger partial charge in [-0.25, -0.2) is 9.18 Å². The average Bonchev–Trinajstić information content (AvgIpc) is 2.35. The number of rotatable bonds is 3. The highest BCUT2D eigenvalue weighted by Crippen LogP contribution is 2.17. The molecule has 0 unspecified atom stereocenters. The largest absolute Gasteiger partial charge is 0.478 e. The number of anilines is 1. The molecule has 0 bridgehead atoms. The number of carbonyl (C=O) groups is 2. The maximum Gasteiger partial charge on any atom is 0.331 e. The zero-order valence-electron chi connectivity index (χ0n) is 10.4. The van der Waals surface area contributed by atoms with Gasteiger partial charge in [0.15, 0.2) is 0 Å². The van der Waals surface area contributed by atoms with Crippen LogP contribution in [0.4, 0.5) is 10.1 Å². The maximum atomic E-state index is 13.0. The molecule has 1 aromatic carbocycles. The smallest absolute Gasteiger partial charge is 0.331 e. The molecule has 18 heavy (non-hydrogen) atoms. The van der Waals surface area contributed by atoms with Gasteiger partial charge in [-0.1, -0.05) is 6.07 Å². The summed E-state index contributed by atoms with van der Waals surface area (Å²) in [5, 5.41) is 8.81. The highest BCUT2D eigenvalue weighted by Gasteiger charge is 2.17. The lowest BCUT2D eigenvalue weighted by atomic mass is 10.1. The van der Waals surface area contributed by atoms with Crippen molar-refractivity contribution in [2.24, 2.45) is 0 Å². The topological polar surface area (TPSA) is 57.6 Å². The Morgan fingerprint density at radius 3 is 2.33 bits per heavy atom. The SMILES string of the molecule is CC(C(=O)O)=C(C)C(=O)N(C)c1cccc(F)c1. The second-order valence-electron chi connectivity index (χ2n) is 3.90. The number of amides is 1. The van der Waals surface area contributed by atoms with E-state index < -0.39 is 17.7 Å². The molecule has 0 spiro atoms. The summed E-state index contributed by atoms with van der Waals surface area (Å²) in [6.07, 6.45) is 0. The van der Waals surface area contributed by atoms with Crippen LogP contribution < -0.4 is 4.90 Å². The van der Waals surface area contributed by atoms with Crippen LogP contribution in [0.5, 0.6) is 0 Å². The molecular formula is C13H14FNO3. The van der Waals surface area contributed by atoms with Crippen LogP contribution in [0.3, 0.4) is 0 Å². The van der Waals surface area contributed by atoms with Crippen LogP contribution in [0, 0.1) is 5.82 Å². The van der Waals surface area contributed by atoms with Crippen molar-refractivity contribution < 1.29 is 19.1 Å². The summed E-state index contributed by atoms with van der Waals surface area (Å²) in [4.78, 5) is 24.0. The number of benzene rings is 1. The standard InChI is InChI=1S/C13H14FNO3/c1-8(9(2)13(17)18)12(16)15(3)11-6-4-5-10(14)7-11/h4-7H,1-3H3,(H,17,18). The molecule has 0 aliphatic rings. The number of halogens is 1. The zero-order valence-corrected chi connectivity index (χ0v) is 10.4. The van der Waals surface area contributed by atoms with E-state index in [2.05, 4.69) is 0 Å². The molecule has 1 aromatic rings. The molecule has 4 nitrogen and oxygen atoms in total. The Hall–Kier alpha value is -2.17. The van der Waals surface area contributed by atoms with E-state index in [0.29, 0.717) is 5.69 Å². The second-order valence-corrected chi connectivity index (χ2v) is 3.90. The predicted molar refractivity (Wildman–Crippen MR) is 65.8 cm³/mol. The number of carboxylic acids is 1. The highest BCUT2D eigenvalue weighted by molar-refractivity contribution is 6.09. The van der Waals surface area contributed by atoms with Gasteiger partial charge in [-0.3, -0.25) is 4.79 Å². The van der Waals surface area contributed by atoms with Gasteiger partial charge in [0, 0.05) is 23.9 Å². The monoisotopic (exact) mass is 251 g/mol. The molecule has 96 valence electrons. The molecule has 1 rings (SSSR count). The van der Waals surface area contributed by atoms with Crippen molar-refractivity contribution in [2.75, 3.05) is 11.9 Å². The minimum atomic E-state index is -1.14. The van der Waals surface area contributed by atoms with Crippen molar-refractivity contribution in [3.8, 4) is 0 Å². The molecular weight excluding hydrogens is 237 g/mol. The van der Waals surface area contributed by atoms with Crippen LogP contribution in [-0.2, 0) is 9.59 Å². The molecule has 5 heteroatoms. The normalized spacial score (nSPS) is 11.8. The fourth-order valence-electron chi connectivity index (χ4n) is 1.37. The molecule has 0 fully saturated rings. The number of aliphatic carboxylic acids is 1. The van der Waals surface area contributed by atoms with Crippen LogP contribution in [-0.4, -0.2) is 24.0 Å². The van der Waals surface area contributed by atoms with E-state index >= 15 is 0 Å². The highest BCUT2D eigenvalue weighted by atomic mass is 19.1. The number of carboxylic acid groups (broad SMARTS) is 1. The molecule has 0 saturated carbocycles. The van der Waals surface area contributed by atoms with Crippen LogP contribution in [0.2, 0.25) is 0 Å². The van der Waals surface area contributed by atoms with Crippen molar-refractivity contribution in [1.29, 1.82) is 0 Å². The van der Waals surface area contributed by atoms with Gasteiger partial charge >= 0.3 is 5.97 Å². The summed E-state index contributed by atoms with van der Waals surface area (Å²) >= 11 is 0. The van der Waals surface area contributed by atoms with Gasteiger partial charge in [0.2, 0.25) is 0 Å². The van der Waals surface area contributed by atoms with Gasteiger partial charge in [-0.15, -0.1) is 0 Å². The molecule has 0 atom stereocenters. The summed E-state index contributed by atoms with van der Waals surface area (Å²) in [5.41, 5.74) is 0.468. The van der Waals surface area contributed by atoms with E-state index in [-0.39, 0.29) is 11.1 Å². The second kappa shape index (κ2) is 5.44. The molecule has 0 aliphatic carbocycles. The van der Waals surface area contributed by atoms with Gasteiger partial charge in [-0.05, 0) is 32.0 Å². The predicted octanol–water partition coefficient (Wildman–Crippen LogP) is 2.21. The minimum absolute atomic E-state index is 0.0248. The summed E-state index contributed by atoms with van der Waals surface area (Å²) in [6.45, 7) is 2.79. The number of hydrogen-bond acceptors (Lipinski definition) is 2. The van der Waals surface area contributed by atoms with Gasteiger partial charge < -0.3 is 10.0 Å². The van der Waals surface area contributed by atoms with E-state index in [0.717, 1.165) is 0 Å². The first-order valence-corrected chi connectivity index (χ1v) is 5.29. The van der Waals surface area contributed by atoms with Crippen molar-refractivity contribution in [1.82, 2.24) is 0 Å². The fraction of sp³-hybridized carbons (Fsp3) is 0.231. The summed E-state index contributed by atoms with van der Waals surface area (Å²) in [5.74, 6) is -2.07. The lowest BCUT2D eigenvalue weighted by Gasteiger charge is -2.18.